The van der Waals surface area contributed by atoms with E-state index in [0.717, 1.165) is 0 Å². The van der Waals surface area contributed by atoms with Crippen molar-refractivity contribution in [2.45, 2.75) is 6.92 Å². The van der Waals surface area contributed by atoms with Crippen molar-refractivity contribution in [1.82, 2.24) is 14.9 Å². The van der Waals surface area contributed by atoms with E-state index in [1.165, 1.54) is 12.1 Å². The summed E-state index contributed by atoms with van der Waals surface area (Å²) in [5, 5.41) is 2.93. The largest absolute Gasteiger partial charge is 0.378 e. The van der Waals surface area contributed by atoms with Gasteiger partial charge < -0.3 is 15.0 Å². The Labute approximate surface area is 133 Å². The van der Waals surface area contributed by atoms with E-state index in [2.05, 4.69) is 15.3 Å². The van der Waals surface area contributed by atoms with E-state index in [4.69, 9.17) is 4.74 Å². The average molecular weight is 316 g/mol. The molecule has 23 heavy (non-hydrogen) atoms. The zero-order chi connectivity index (χ0) is 16.2. The number of rotatable bonds is 3. The number of ether oxygens (including phenoxy) is 1. The third-order valence-corrected chi connectivity index (χ3v) is 3.45. The van der Waals surface area contributed by atoms with E-state index >= 15 is 0 Å². The Morgan fingerprint density at radius 2 is 2.04 bits per heavy atom. The van der Waals surface area contributed by atoms with E-state index in [-0.39, 0.29) is 17.7 Å². The van der Waals surface area contributed by atoms with Gasteiger partial charge in [-0.15, -0.1) is 0 Å². The van der Waals surface area contributed by atoms with Gasteiger partial charge in [0.2, 0.25) is 5.95 Å². The van der Waals surface area contributed by atoms with E-state index in [1.54, 1.807) is 30.0 Å². The smallest absolute Gasteiger partial charge is 0.272 e. The van der Waals surface area contributed by atoms with Crippen molar-refractivity contribution >= 4 is 17.5 Å². The highest BCUT2D eigenvalue weighted by Gasteiger charge is 2.20. The molecule has 1 aromatic heterocycles. The molecule has 7 heteroatoms. The van der Waals surface area contributed by atoms with Crippen LogP contribution in [0.1, 0.15) is 16.2 Å². The fourth-order valence-electron chi connectivity index (χ4n) is 2.36. The molecule has 1 N–H and O–H groups in total. The van der Waals surface area contributed by atoms with Crippen LogP contribution in [-0.4, -0.2) is 47.1 Å². The number of carbonyl (C=O) groups is 1. The summed E-state index contributed by atoms with van der Waals surface area (Å²) in [5.74, 6) is -0.236. The number of nitrogens with zero attached hydrogens (tertiary/aromatic N) is 3. The van der Waals surface area contributed by atoms with Crippen molar-refractivity contribution < 1.29 is 13.9 Å². The quantitative estimate of drug-likeness (QED) is 0.939. The van der Waals surface area contributed by atoms with Gasteiger partial charge in [-0.1, -0.05) is 6.07 Å². The van der Waals surface area contributed by atoms with Gasteiger partial charge in [0.25, 0.3) is 5.91 Å². The molecule has 0 radical (unpaired) electrons. The number of halogens is 1. The number of aryl methyl sites for hydroxylation is 1. The number of hydrogen-bond acceptors (Lipinski definition) is 5. The molecule has 3 rings (SSSR count). The van der Waals surface area contributed by atoms with Crippen molar-refractivity contribution in [3.8, 4) is 0 Å². The first-order chi connectivity index (χ1) is 11.1. The lowest BCUT2D eigenvalue weighted by Gasteiger charge is -2.26. The van der Waals surface area contributed by atoms with Crippen LogP contribution in [0.15, 0.2) is 30.3 Å². The minimum absolute atomic E-state index is 0.152. The normalized spacial score (nSPS) is 14.6. The summed E-state index contributed by atoms with van der Waals surface area (Å²) >= 11 is 0. The van der Waals surface area contributed by atoms with Gasteiger partial charge in [-0.3, -0.25) is 4.79 Å². The fourth-order valence-corrected chi connectivity index (χ4v) is 2.36. The van der Waals surface area contributed by atoms with Crippen LogP contribution in [0.25, 0.3) is 0 Å². The van der Waals surface area contributed by atoms with Crippen LogP contribution in [0.5, 0.6) is 0 Å². The predicted molar refractivity (Wildman–Crippen MR) is 83.2 cm³/mol. The average Bonchev–Trinajstić information content (AvgIpc) is 2.54. The second-order valence-corrected chi connectivity index (χ2v) is 5.26. The number of benzene rings is 1. The summed E-state index contributed by atoms with van der Waals surface area (Å²) < 4.78 is 18.5. The highest BCUT2D eigenvalue weighted by atomic mass is 19.1. The molecular formula is C16H17FN4O2. The lowest BCUT2D eigenvalue weighted by molar-refractivity contribution is 0.0299. The molecule has 1 aromatic carbocycles. The summed E-state index contributed by atoms with van der Waals surface area (Å²) in [4.78, 5) is 22.7. The van der Waals surface area contributed by atoms with E-state index < -0.39 is 0 Å². The van der Waals surface area contributed by atoms with Crippen molar-refractivity contribution in [3.05, 3.63) is 47.5 Å². The van der Waals surface area contributed by atoms with Crippen LogP contribution in [0.2, 0.25) is 0 Å². The molecule has 120 valence electrons. The molecule has 1 fully saturated rings. The molecule has 0 aliphatic carbocycles. The van der Waals surface area contributed by atoms with Gasteiger partial charge in [0.15, 0.2) is 0 Å². The maximum Gasteiger partial charge on any atom is 0.272 e. The molecule has 0 spiro atoms. The molecule has 6 nitrogen and oxygen atoms in total. The zero-order valence-electron chi connectivity index (χ0n) is 12.8. The van der Waals surface area contributed by atoms with Crippen LogP contribution >= 0.6 is 0 Å². The molecular weight excluding hydrogens is 299 g/mol. The Bertz CT molecular complexity index is 717. The maximum absolute atomic E-state index is 13.2. The fraction of sp³-hybridized carbons (Fsp3) is 0.312. The van der Waals surface area contributed by atoms with Gasteiger partial charge in [0, 0.05) is 24.5 Å². The van der Waals surface area contributed by atoms with E-state index in [0.29, 0.717) is 43.4 Å². The van der Waals surface area contributed by atoms with Crippen molar-refractivity contribution in [2.24, 2.45) is 0 Å². The van der Waals surface area contributed by atoms with Gasteiger partial charge in [-0.25, -0.2) is 14.4 Å². The second kappa shape index (κ2) is 6.70. The third kappa shape index (κ3) is 3.81. The van der Waals surface area contributed by atoms with Crippen LogP contribution in [0.4, 0.5) is 16.0 Å². The lowest BCUT2D eigenvalue weighted by atomic mass is 10.3. The Morgan fingerprint density at radius 3 is 2.78 bits per heavy atom. The number of nitrogens with one attached hydrogen (secondary N) is 1. The van der Waals surface area contributed by atoms with Crippen molar-refractivity contribution in [1.29, 1.82) is 0 Å². The minimum Gasteiger partial charge on any atom is -0.378 e. The summed E-state index contributed by atoms with van der Waals surface area (Å²) in [5.41, 5.74) is 1.51. The maximum atomic E-state index is 13.2. The number of anilines is 2. The van der Waals surface area contributed by atoms with Crippen LogP contribution < -0.4 is 5.32 Å². The molecule has 2 aromatic rings. The number of morpholine rings is 1. The monoisotopic (exact) mass is 316 g/mol. The van der Waals surface area contributed by atoms with Crippen LogP contribution in [0, 0.1) is 12.7 Å². The summed E-state index contributed by atoms with van der Waals surface area (Å²) in [6, 6.07) is 7.64. The molecule has 1 saturated heterocycles. The number of amides is 1. The Morgan fingerprint density at radius 1 is 1.26 bits per heavy atom. The molecule has 0 bridgehead atoms. The van der Waals surface area contributed by atoms with Crippen LogP contribution in [0.3, 0.4) is 0 Å². The first-order valence-corrected chi connectivity index (χ1v) is 7.37. The molecule has 0 atom stereocenters. The minimum atomic E-state index is -0.354. The van der Waals surface area contributed by atoms with Gasteiger partial charge in [-0.05, 0) is 31.2 Å². The molecule has 0 saturated carbocycles. The summed E-state index contributed by atoms with van der Waals surface area (Å²) in [6.07, 6.45) is 0. The van der Waals surface area contributed by atoms with Gasteiger partial charge in [0.05, 0.1) is 13.2 Å². The molecule has 1 aliphatic rings. The molecule has 2 heterocycles. The lowest BCUT2D eigenvalue weighted by Crippen LogP contribution is -2.41. The first kappa shape index (κ1) is 15.4. The van der Waals surface area contributed by atoms with Crippen molar-refractivity contribution in [3.63, 3.8) is 0 Å². The van der Waals surface area contributed by atoms with Crippen LogP contribution in [-0.2, 0) is 4.74 Å². The van der Waals surface area contributed by atoms with Crippen molar-refractivity contribution in [2.75, 3.05) is 31.6 Å². The molecule has 1 aliphatic heterocycles. The number of hydrogen-bond donors (Lipinski definition) is 1. The van der Waals surface area contributed by atoms with E-state index in [9.17, 15) is 9.18 Å². The Kier molecular flexibility index (Phi) is 4.47. The predicted octanol–water partition coefficient (Wildman–Crippen LogP) is 2.14. The molecule has 0 unspecified atom stereocenters. The second-order valence-electron chi connectivity index (χ2n) is 5.26. The zero-order valence-corrected chi connectivity index (χ0v) is 12.8. The van der Waals surface area contributed by atoms with Gasteiger partial charge in [-0.2, -0.15) is 0 Å². The SMILES string of the molecule is Cc1cc(C(=O)N2CCOCC2)nc(Nc2cccc(F)c2)n1. The summed E-state index contributed by atoms with van der Waals surface area (Å²) in [6.45, 7) is 3.95. The highest BCUT2D eigenvalue weighted by molar-refractivity contribution is 5.92. The number of carbonyl (C=O) groups excluding carboxylic acids is 1. The Balaban J connectivity index is 1.82. The van der Waals surface area contributed by atoms with Gasteiger partial charge >= 0.3 is 0 Å². The molecule has 1 amide bonds. The Hall–Kier alpha value is -2.54. The highest BCUT2D eigenvalue weighted by Crippen LogP contribution is 2.16. The number of aromatic nitrogens is 2. The standard InChI is InChI=1S/C16H17FN4O2/c1-11-9-14(15(22)21-5-7-23-8-6-21)20-16(18-11)19-13-4-2-3-12(17)10-13/h2-4,9-10H,5-8H2,1H3,(H,18,19,20). The topological polar surface area (TPSA) is 67.4 Å². The first-order valence-electron chi connectivity index (χ1n) is 7.37. The van der Waals surface area contributed by atoms with E-state index in [1.807, 2.05) is 0 Å². The van der Waals surface area contributed by atoms with Gasteiger partial charge in [0.1, 0.15) is 11.5 Å². The third-order valence-electron chi connectivity index (χ3n) is 3.45. The summed E-state index contributed by atoms with van der Waals surface area (Å²) in [7, 11) is 0.